The summed E-state index contributed by atoms with van der Waals surface area (Å²) in [6, 6.07) is 1.88. The van der Waals surface area contributed by atoms with Gasteiger partial charge in [-0.15, -0.1) is 11.3 Å². The van der Waals surface area contributed by atoms with Crippen molar-refractivity contribution < 1.29 is 19.5 Å². The Morgan fingerprint density at radius 2 is 1.95 bits per heavy atom. The summed E-state index contributed by atoms with van der Waals surface area (Å²) in [5.41, 5.74) is 0.938. The number of amides is 2. The molecule has 3 N–H and O–H groups in total. The predicted molar refractivity (Wildman–Crippen MR) is 71.4 cm³/mol. The van der Waals surface area contributed by atoms with E-state index in [0.717, 1.165) is 5.56 Å². The molecule has 0 bridgehead atoms. The van der Waals surface area contributed by atoms with Crippen LogP contribution in [0.2, 0.25) is 0 Å². The van der Waals surface area contributed by atoms with Crippen LogP contribution in [0.4, 0.5) is 0 Å². The van der Waals surface area contributed by atoms with Crippen LogP contribution in [0.25, 0.3) is 0 Å². The van der Waals surface area contributed by atoms with Crippen LogP contribution in [0.3, 0.4) is 0 Å². The average molecular weight is 284 g/mol. The summed E-state index contributed by atoms with van der Waals surface area (Å²) in [7, 11) is 0. The lowest BCUT2D eigenvalue weighted by Gasteiger charge is -2.08. The highest BCUT2D eigenvalue weighted by Gasteiger charge is 2.16. The molecular weight excluding hydrogens is 268 g/mol. The number of carboxylic acid groups (broad SMARTS) is 1. The van der Waals surface area contributed by atoms with Crippen molar-refractivity contribution in [2.45, 2.75) is 19.8 Å². The molecule has 0 spiro atoms. The summed E-state index contributed by atoms with van der Waals surface area (Å²) in [6.45, 7) is 3.28. The van der Waals surface area contributed by atoms with E-state index in [-0.39, 0.29) is 18.4 Å². The summed E-state index contributed by atoms with van der Waals surface area (Å²) < 4.78 is 0. The summed E-state index contributed by atoms with van der Waals surface area (Å²) in [5, 5.41) is 14.9. The molecule has 0 saturated carbocycles. The van der Waals surface area contributed by atoms with Crippen LogP contribution < -0.4 is 10.6 Å². The van der Waals surface area contributed by atoms with Gasteiger partial charge in [0.25, 0.3) is 5.91 Å². The van der Waals surface area contributed by atoms with Crippen LogP contribution in [0.5, 0.6) is 0 Å². The van der Waals surface area contributed by atoms with E-state index in [1.807, 2.05) is 25.3 Å². The maximum atomic E-state index is 11.9. The van der Waals surface area contributed by atoms with E-state index < -0.39 is 18.4 Å². The van der Waals surface area contributed by atoms with Gasteiger partial charge < -0.3 is 15.7 Å². The van der Waals surface area contributed by atoms with Crippen LogP contribution >= 0.6 is 11.3 Å². The maximum Gasteiger partial charge on any atom is 0.322 e. The highest BCUT2D eigenvalue weighted by Crippen LogP contribution is 2.24. The van der Waals surface area contributed by atoms with E-state index in [4.69, 9.17) is 5.11 Å². The lowest BCUT2D eigenvalue weighted by Crippen LogP contribution is -2.39. The molecule has 104 valence electrons. The zero-order chi connectivity index (χ0) is 14.4. The van der Waals surface area contributed by atoms with Crippen molar-refractivity contribution in [3.8, 4) is 0 Å². The normalized spacial score (nSPS) is 10.3. The van der Waals surface area contributed by atoms with Gasteiger partial charge in [-0.05, 0) is 22.9 Å². The summed E-state index contributed by atoms with van der Waals surface area (Å²) in [5.74, 6) is -1.74. The smallest absolute Gasteiger partial charge is 0.322 e. The number of aliphatic carboxylic acids is 1. The molecule has 2 amide bonds. The van der Waals surface area contributed by atoms with E-state index in [9.17, 15) is 14.4 Å². The first-order valence-electron chi connectivity index (χ1n) is 5.76. The van der Waals surface area contributed by atoms with Gasteiger partial charge in [-0.1, -0.05) is 13.8 Å². The van der Waals surface area contributed by atoms with Crippen LogP contribution in [-0.4, -0.2) is 36.0 Å². The van der Waals surface area contributed by atoms with Crippen molar-refractivity contribution in [3.63, 3.8) is 0 Å². The minimum atomic E-state index is -1.12. The van der Waals surface area contributed by atoms with E-state index in [1.165, 1.54) is 11.3 Å². The Kier molecular flexibility index (Phi) is 5.50. The van der Waals surface area contributed by atoms with Crippen molar-refractivity contribution in [1.82, 2.24) is 10.6 Å². The number of rotatable bonds is 6. The highest BCUT2D eigenvalue weighted by atomic mass is 32.1. The molecule has 0 aliphatic heterocycles. The SMILES string of the molecule is CC(C)c1ccsc1C(=O)NCC(=O)NCC(=O)O. The zero-order valence-corrected chi connectivity index (χ0v) is 11.5. The summed E-state index contributed by atoms with van der Waals surface area (Å²) in [6.07, 6.45) is 0. The Labute approximate surface area is 114 Å². The first kappa shape index (κ1) is 15.2. The van der Waals surface area contributed by atoms with Gasteiger partial charge in [0.15, 0.2) is 0 Å². The molecule has 1 aromatic rings. The third-order valence-electron chi connectivity index (χ3n) is 2.37. The van der Waals surface area contributed by atoms with Gasteiger partial charge in [0.1, 0.15) is 6.54 Å². The lowest BCUT2D eigenvalue weighted by molar-refractivity contribution is -0.137. The Morgan fingerprint density at radius 1 is 1.26 bits per heavy atom. The molecule has 6 nitrogen and oxygen atoms in total. The Balaban J connectivity index is 2.49. The number of nitrogens with one attached hydrogen (secondary N) is 2. The Bertz CT molecular complexity index is 482. The molecule has 0 atom stereocenters. The Morgan fingerprint density at radius 3 is 2.53 bits per heavy atom. The van der Waals surface area contributed by atoms with Crippen molar-refractivity contribution in [2.24, 2.45) is 0 Å². The molecule has 1 heterocycles. The van der Waals surface area contributed by atoms with Crippen LogP contribution in [0.1, 0.15) is 35.0 Å². The van der Waals surface area contributed by atoms with Crippen molar-refractivity contribution in [2.75, 3.05) is 13.1 Å². The van der Waals surface area contributed by atoms with E-state index >= 15 is 0 Å². The summed E-state index contributed by atoms with van der Waals surface area (Å²) >= 11 is 1.32. The van der Waals surface area contributed by atoms with Gasteiger partial charge >= 0.3 is 5.97 Å². The van der Waals surface area contributed by atoms with E-state index in [2.05, 4.69) is 10.6 Å². The van der Waals surface area contributed by atoms with Crippen molar-refractivity contribution in [3.05, 3.63) is 21.9 Å². The molecule has 7 heteroatoms. The first-order valence-corrected chi connectivity index (χ1v) is 6.64. The van der Waals surface area contributed by atoms with E-state index in [0.29, 0.717) is 4.88 Å². The van der Waals surface area contributed by atoms with Crippen molar-refractivity contribution in [1.29, 1.82) is 0 Å². The monoisotopic (exact) mass is 284 g/mol. The molecule has 0 radical (unpaired) electrons. The second kappa shape index (κ2) is 6.89. The molecule has 0 aromatic carbocycles. The van der Waals surface area contributed by atoms with E-state index in [1.54, 1.807) is 0 Å². The number of thiophene rings is 1. The number of hydrogen-bond donors (Lipinski definition) is 3. The number of carbonyl (C=O) groups is 3. The fraction of sp³-hybridized carbons (Fsp3) is 0.417. The molecule has 0 unspecified atom stereocenters. The van der Waals surface area contributed by atoms with Gasteiger partial charge in [-0.2, -0.15) is 0 Å². The second-order valence-electron chi connectivity index (χ2n) is 4.21. The standard InChI is InChI=1S/C12H16N2O4S/c1-7(2)8-3-4-19-11(8)12(18)14-5-9(15)13-6-10(16)17/h3-4,7H,5-6H2,1-2H3,(H,13,15)(H,14,18)(H,16,17). The highest BCUT2D eigenvalue weighted by molar-refractivity contribution is 7.12. The summed E-state index contributed by atoms with van der Waals surface area (Å²) in [4.78, 5) is 34.0. The van der Waals surface area contributed by atoms with Gasteiger partial charge in [-0.3, -0.25) is 14.4 Å². The molecule has 19 heavy (non-hydrogen) atoms. The molecule has 0 aliphatic rings. The van der Waals surface area contributed by atoms with Gasteiger partial charge in [0.05, 0.1) is 11.4 Å². The number of carbonyl (C=O) groups excluding carboxylic acids is 2. The zero-order valence-electron chi connectivity index (χ0n) is 10.7. The quantitative estimate of drug-likeness (QED) is 0.720. The van der Waals surface area contributed by atoms with Crippen LogP contribution in [-0.2, 0) is 9.59 Å². The third kappa shape index (κ3) is 4.70. The fourth-order valence-corrected chi connectivity index (χ4v) is 2.41. The Hall–Kier alpha value is -1.89. The van der Waals surface area contributed by atoms with Gasteiger partial charge in [0, 0.05) is 0 Å². The van der Waals surface area contributed by atoms with Crippen LogP contribution in [0.15, 0.2) is 11.4 Å². The topological polar surface area (TPSA) is 95.5 Å². The number of carboxylic acids is 1. The lowest BCUT2D eigenvalue weighted by atomic mass is 10.0. The van der Waals surface area contributed by atoms with Gasteiger partial charge in [-0.25, -0.2) is 0 Å². The largest absolute Gasteiger partial charge is 0.480 e. The van der Waals surface area contributed by atoms with Crippen molar-refractivity contribution >= 4 is 29.1 Å². The van der Waals surface area contributed by atoms with Crippen LogP contribution in [0, 0.1) is 0 Å². The van der Waals surface area contributed by atoms with Gasteiger partial charge in [0.2, 0.25) is 5.91 Å². The molecular formula is C12H16N2O4S. The molecule has 1 aromatic heterocycles. The fourth-order valence-electron chi connectivity index (χ4n) is 1.44. The first-order chi connectivity index (χ1) is 8.91. The molecule has 0 fully saturated rings. The third-order valence-corrected chi connectivity index (χ3v) is 3.30. The second-order valence-corrected chi connectivity index (χ2v) is 5.13. The molecule has 1 rings (SSSR count). The maximum absolute atomic E-state index is 11.9. The minimum Gasteiger partial charge on any atom is -0.480 e. The average Bonchev–Trinajstić information content (AvgIpc) is 2.82. The molecule has 0 saturated heterocycles. The minimum absolute atomic E-state index is 0.229. The molecule has 0 aliphatic carbocycles. The number of hydrogen-bond acceptors (Lipinski definition) is 4. The predicted octanol–water partition coefficient (Wildman–Crippen LogP) is 0.802.